The van der Waals surface area contributed by atoms with Gasteiger partial charge in [-0.1, -0.05) is 78.3 Å². The second kappa shape index (κ2) is 14.9. The molecule has 0 fully saturated rings. The standard InChI is InChI=1S/C34H35ClN2O5/c1-40-28-16-13-25(14-17-28)23-37(33(38)21-26-15-18-31(41-2)32(20-26)42-3)30(19-24-9-5-4-6-10-24)34(39)36-22-27-11-7-8-12-29(27)35/h4-18,20,30H,19,21-23H2,1-3H3,(H,36,39)/t30-/m1/s1. The number of nitrogens with zero attached hydrogens (tertiary/aromatic N) is 1. The van der Waals surface area contributed by atoms with Crippen molar-refractivity contribution in [2.24, 2.45) is 0 Å². The Kier molecular flexibility index (Phi) is 10.8. The molecule has 0 aromatic heterocycles. The molecular formula is C34H35ClN2O5. The van der Waals surface area contributed by atoms with Crippen LogP contribution in [0.25, 0.3) is 0 Å². The van der Waals surface area contributed by atoms with Crippen LogP contribution in [0.15, 0.2) is 97.1 Å². The van der Waals surface area contributed by atoms with E-state index < -0.39 is 6.04 Å². The zero-order valence-electron chi connectivity index (χ0n) is 24.0. The predicted molar refractivity (Wildman–Crippen MR) is 164 cm³/mol. The summed E-state index contributed by atoms with van der Waals surface area (Å²) in [6, 6.07) is 29.1. The summed E-state index contributed by atoms with van der Waals surface area (Å²) >= 11 is 6.35. The lowest BCUT2D eigenvalue weighted by molar-refractivity contribution is -0.140. The first-order valence-electron chi connectivity index (χ1n) is 13.6. The molecule has 2 amide bonds. The van der Waals surface area contributed by atoms with Crippen LogP contribution >= 0.6 is 11.6 Å². The summed E-state index contributed by atoms with van der Waals surface area (Å²) in [5.74, 6) is 1.34. The van der Waals surface area contributed by atoms with Crippen molar-refractivity contribution in [1.82, 2.24) is 10.2 Å². The molecule has 42 heavy (non-hydrogen) atoms. The van der Waals surface area contributed by atoms with Crippen molar-refractivity contribution >= 4 is 23.4 Å². The predicted octanol–water partition coefficient (Wildman–Crippen LogP) is 5.86. The number of carbonyl (C=O) groups is 2. The van der Waals surface area contributed by atoms with Gasteiger partial charge in [0.1, 0.15) is 11.8 Å². The number of halogens is 1. The summed E-state index contributed by atoms with van der Waals surface area (Å²) < 4.78 is 16.1. The molecule has 7 nitrogen and oxygen atoms in total. The lowest BCUT2D eigenvalue weighted by Crippen LogP contribution is -2.50. The molecule has 1 N–H and O–H groups in total. The number of rotatable bonds is 13. The quantitative estimate of drug-likeness (QED) is 0.212. The van der Waals surface area contributed by atoms with Crippen LogP contribution < -0.4 is 19.5 Å². The summed E-state index contributed by atoms with van der Waals surface area (Å²) in [6.45, 7) is 0.469. The van der Waals surface area contributed by atoms with E-state index in [9.17, 15) is 9.59 Å². The molecule has 0 aliphatic carbocycles. The lowest BCUT2D eigenvalue weighted by atomic mass is 10.0. The van der Waals surface area contributed by atoms with Gasteiger partial charge in [-0.15, -0.1) is 0 Å². The van der Waals surface area contributed by atoms with Crippen LogP contribution in [0, 0.1) is 0 Å². The van der Waals surface area contributed by atoms with E-state index in [4.69, 9.17) is 25.8 Å². The van der Waals surface area contributed by atoms with Crippen molar-refractivity contribution in [3.8, 4) is 17.2 Å². The van der Waals surface area contributed by atoms with Gasteiger partial charge in [-0.2, -0.15) is 0 Å². The largest absolute Gasteiger partial charge is 0.497 e. The van der Waals surface area contributed by atoms with E-state index in [0.717, 1.165) is 22.3 Å². The number of methoxy groups -OCH3 is 3. The van der Waals surface area contributed by atoms with Gasteiger partial charge in [-0.05, 0) is 52.6 Å². The molecule has 0 unspecified atom stereocenters. The van der Waals surface area contributed by atoms with Crippen molar-refractivity contribution in [3.63, 3.8) is 0 Å². The highest BCUT2D eigenvalue weighted by Gasteiger charge is 2.30. The van der Waals surface area contributed by atoms with Gasteiger partial charge >= 0.3 is 0 Å². The Morgan fingerprint density at radius 3 is 2.10 bits per heavy atom. The van der Waals surface area contributed by atoms with Crippen LogP contribution in [0.3, 0.4) is 0 Å². The molecule has 0 radical (unpaired) electrons. The molecule has 1 atom stereocenters. The van der Waals surface area contributed by atoms with Crippen LogP contribution in [0.1, 0.15) is 22.3 Å². The third-order valence-electron chi connectivity index (χ3n) is 7.00. The number of benzene rings is 4. The molecule has 0 aliphatic rings. The lowest BCUT2D eigenvalue weighted by Gasteiger charge is -2.32. The average Bonchev–Trinajstić information content (AvgIpc) is 3.02. The maximum Gasteiger partial charge on any atom is 0.243 e. The van der Waals surface area contributed by atoms with E-state index in [1.807, 2.05) is 78.9 Å². The van der Waals surface area contributed by atoms with Crippen LogP contribution in [0.5, 0.6) is 17.2 Å². The summed E-state index contributed by atoms with van der Waals surface area (Å²) in [4.78, 5) is 29.6. The third-order valence-corrected chi connectivity index (χ3v) is 7.37. The highest BCUT2D eigenvalue weighted by Crippen LogP contribution is 2.28. The number of carbonyl (C=O) groups excluding carboxylic acids is 2. The Morgan fingerprint density at radius 1 is 0.762 bits per heavy atom. The van der Waals surface area contributed by atoms with Crippen molar-refractivity contribution in [1.29, 1.82) is 0 Å². The SMILES string of the molecule is COc1ccc(CN(C(=O)Cc2ccc(OC)c(OC)c2)[C@H](Cc2ccccc2)C(=O)NCc2ccccc2Cl)cc1. The van der Waals surface area contributed by atoms with Gasteiger partial charge in [0.05, 0.1) is 27.8 Å². The average molecular weight is 587 g/mol. The Hall–Kier alpha value is -4.49. The first kappa shape index (κ1) is 30.5. The summed E-state index contributed by atoms with van der Waals surface area (Å²) in [5.41, 5.74) is 3.35. The van der Waals surface area contributed by atoms with Gasteiger partial charge in [-0.3, -0.25) is 9.59 Å². The molecule has 4 aromatic rings. The van der Waals surface area contributed by atoms with Gasteiger partial charge in [-0.25, -0.2) is 0 Å². The van der Waals surface area contributed by atoms with Crippen LogP contribution in [0.2, 0.25) is 5.02 Å². The topological polar surface area (TPSA) is 77.1 Å². The molecule has 0 bridgehead atoms. The fourth-order valence-electron chi connectivity index (χ4n) is 4.69. The monoisotopic (exact) mass is 586 g/mol. The fourth-order valence-corrected chi connectivity index (χ4v) is 4.89. The molecule has 0 saturated carbocycles. The van der Waals surface area contributed by atoms with E-state index >= 15 is 0 Å². The number of ether oxygens (including phenoxy) is 3. The molecule has 218 valence electrons. The van der Waals surface area contributed by atoms with Crippen molar-refractivity contribution in [3.05, 3.63) is 124 Å². The number of nitrogens with one attached hydrogen (secondary N) is 1. The Balaban J connectivity index is 1.68. The normalized spacial score (nSPS) is 11.3. The summed E-state index contributed by atoms with van der Waals surface area (Å²) in [5, 5.41) is 3.59. The van der Waals surface area contributed by atoms with Crippen LogP contribution in [0.4, 0.5) is 0 Å². The third kappa shape index (κ3) is 8.04. The highest BCUT2D eigenvalue weighted by atomic mass is 35.5. The van der Waals surface area contributed by atoms with E-state index in [1.54, 1.807) is 44.4 Å². The first-order valence-corrected chi connectivity index (χ1v) is 14.0. The summed E-state index contributed by atoms with van der Waals surface area (Å²) in [7, 11) is 4.72. The Morgan fingerprint density at radius 2 is 1.43 bits per heavy atom. The number of hydrogen-bond acceptors (Lipinski definition) is 5. The molecule has 4 rings (SSSR count). The van der Waals surface area contributed by atoms with Gasteiger partial charge in [0.15, 0.2) is 11.5 Å². The second-order valence-electron chi connectivity index (χ2n) is 9.75. The van der Waals surface area contributed by atoms with Crippen molar-refractivity contribution in [2.45, 2.75) is 32.0 Å². The van der Waals surface area contributed by atoms with E-state index in [2.05, 4.69) is 5.32 Å². The van der Waals surface area contributed by atoms with E-state index in [-0.39, 0.29) is 31.3 Å². The first-order chi connectivity index (χ1) is 20.4. The zero-order valence-corrected chi connectivity index (χ0v) is 24.8. The van der Waals surface area contributed by atoms with Gasteiger partial charge in [0.2, 0.25) is 11.8 Å². The van der Waals surface area contributed by atoms with Gasteiger partial charge < -0.3 is 24.4 Å². The highest BCUT2D eigenvalue weighted by molar-refractivity contribution is 6.31. The van der Waals surface area contributed by atoms with E-state index in [1.165, 1.54) is 0 Å². The minimum absolute atomic E-state index is 0.0690. The minimum atomic E-state index is -0.787. The van der Waals surface area contributed by atoms with Gasteiger partial charge in [0, 0.05) is 24.5 Å². The number of amides is 2. The molecule has 0 saturated heterocycles. The summed E-state index contributed by atoms with van der Waals surface area (Å²) in [6.07, 6.45) is 0.405. The molecule has 8 heteroatoms. The van der Waals surface area contributed by atoms with Gasteiger partial charge in [0.25, 0.3) is 0 Å². The maximum absolute atomic E-state index is 14.1. The van der Waals surface area contributed by atoms with Crippen molar-refractivity contribution < 1.29 is 23.8 Å². The second-order valence-corrected chi connectivity index (χ2v) is 10.2. The molecule has 0 aliphatic heterocycles. The fraction of sp³-hybridized carbons (Fsp3) is 0.235. The molecule has 4 aromatic carbocycles. The smallest absolute Gasteiger partial charge is 0.243 e. The Bertz CT molecular complexity index is 1480. The molecule has 0 spiro atoms. The van der Waals surface area contributed by atoms with Crippen molar-refractivity contribution in [2.75, 3.05) is 21.3 Å². The zero-order chi connectivity index (χ0) is 29.9. The van der Waals surface area contributed by atoms with E-state index in [0.29, 0.717) is 28.7 Å². The van der Waals surface area contributed by atoms with Crippen LogP contribution in [-0.2, 0) is 35.5 Å². The molecular weight excluding hydrogens is 552 g/mol. The van der Waals surface area contributed by atoms with Crippen LogP contribution in [-0.4, -0.2) is 44.1 Å². The number of hydrogen-bond donors (Lipinski definition) is 1. The Labute approximate surface area is 252 Å². The maximum atomic E-state index is 14.1. The minimum Gasteiger partial charge on any atom is -0.497 e. The molecule has 0 heterocycles.